The molecule has 0 fully saturated rings. The second-order valence-electron chi connectivity index (χ2n) is 9.01. The second-order valence-corrected chi connectivity index (χ2v) is 9.44. The maximum Gasteiger partial charge on any atom is 0.347 e. The molecule has 0 amide bonds. The Morgan fingerprint density at radius 3 is 2.56 bits per heavy atom. The normalized spacial score (nSPS) is 13.4. The summed E-state index contributed by atoms with van der Waals surface area (Å²) in [6.07, 6.45) is 1.62. The lowest BCUT2D eigenvalue weighted by Crippen LogP contribution is -2.09. The molecule has 2 heterocycles. The molecule has 0 aliphatic carbocycles. The first kappa shape index (κ1) is 24.5. The number of carbonyl (C=O) groups is 2. The number of carbonyl (C=O) groups excluding carboxylic acids is 2. The molecule has 5 aromatic rings. The van der Waals surface area contributed by atoms with Crippen LogP contribution in [0.25, 0.3) is 17.0 Å². The zero-order chi connectivity index (χ0) is 26.9. The van der Waals surface area contributed by atoms with Gasteiger partial charge in [0.25, 0.3) is 0 Å². The third-order valence-corrected chi connectivity index (χ3v) is 6.52. The van der Waals surface area contributed by atoms with Crippen LogP contribution in [-0.4, -0.2) is 11.8 Å². The number of rotatable bonds is 6. The molecule has 6 nitrogen and oxygen atoms in total. The van der Waals surface area contributed by atoms with Crippen molar-refractivity contribution >= 4 is 40.4 Å². The molecule has 0 N–H and O–H groups in total. The number of Topliss-reactive ketones (excluding diaryl/α,β-unsaturated/α-hetero) is 1. The smallest absolute Gasteiger partial charge is 0.347 e. The largest absolute Gasteiger partial charge is 0.489 e. The summed E-state index contributed by atoms with van der Waals surface area (Å²) < 4.78 is 23.2. The van der Waals surface area contributed by atoms with E-state index in [-0.39, 0.29) is 17.3 Å². The first-order valence-electron chi connectivity index (χ1n) is 12.2. The summed E-state index contributed by atoms with van der Waals surface area (Å²) in [4.78, 5) is 26.1. The standard InChI is InChI=1S/C32H21ClO6/c1-19-30(26-16-23(11-13-27(26)37-19)36-18-20-6-3-2-4-7-20)32(35)38-24-10-12-25-28(17-24)39-29(31(25)34)15-21-8-5-9-22(33)14-21/h2-17H,18H2,1H3. The third-order valence-electron chi connectivity index (χ3n) is 6.29. The topological polar surface area (TPSA) is 75.0 Å². The van der Waals surface area contributed by atoms with Crippen LogP contribution in [0.5, 0.6) is 17.2 Å². The van der Waals surface area contributed by atoms with Crippen LogP contribution in [0.1, 0.15) is 37.6 Å². The maximum atomic E-state index is 13.2. The Labute approximate surface area is 229 Å². The van der Waals surface area contributed by atoms with Crippen molar-refractivity contribution in [1.29, 1.82) is 0 Å². The average molecular weight is 537 g/mol. The third kappa shape index (κ3) is 5.02. The molecule has 0 atom stereocenters. The average Bonchev–Trinajstić information content (AvgIpc) is 3.42. The summed E-state index contributed by atoms with van der Waals surface area (Å²) in [5.74, 6) is 0.882. The molecule has 6 rings (SSSR count). The van der Waals surface area contributed by atoms with E-state index in [2.05, 4.69) is 0 Å². The zero-order valence-electron chi connectivity index (χ0n) is 20.8. The Morgan fingerprint density at radius 2 is 1.74 bits per heavy atom. The van der Waals surface area contributed by atoms with Crippen molar-refractivity contribution in [1.82, 2.24) is 0 Å². The van der Waals surface area contributed by atoms with E-state index < -0.39 is 5.97 Å². The van der Waals surface area contributed by atoms with E-state index >= 15 is 0 Å². The molecule has 0 bridgehead atoms. The zero-order valence-corrected chi connectivity index (χ0v) is 21.5. The van der Waals surface area contributed by atoms with Gasteiger partial charge in [-0.2, -0.15) is 0 Å². The van der Waals surface area contributed by atoms with Gasteiger partial charge in [0.05, 0.1) is 5.56 Å². The van der Waals surface area contributed by atoms with Gasteiger partial charge in [-0.25, -0.2) is 4.79 Å². The van der Waals surface area contributed by atoms with Gasteiger partial charge in [0.2, 0.25) is 5.78 Å². The highest BCUT2D eigenvalue weighted by Crippen LogP contribution is 2.36. The highest BCUT2D eigenvalue weighted by Gasteiger charge is 2.29. The minimum Gasteiger partial charge on any atom is -0.489 e. The van der Waals surface area contributed by atoms with Crippen LogP contribution in [0.2, 0.25) is 5.02 Å². The number of aryl methyl sites for hydroxylation is 1. The van der Waals surface area contributed by atoms with Crippen LogP contribution in [0.15, 0.2) is 101 Å². The van der Waals surface area contributed by atoms with Gasteiger partial charge >= 0.3 is 5.97 Å². The number of halogens is 1. The number of benzene rings is 4. The Morgan fingerprint density at radius 1 is 0.923 bits per heavy atom. The molecule has 1 aliphatic rings. The molecule has 0 unspecified atom stereocenters. The molecule has 39 heavy (non-hydrogen) atoms. The molecule has 7 heteroatoms. The first-order valence-corrected chi connectivity index (χ1v) is 12.6. The molecule has 1 aliphatic heterocycles. The number of ether oxygens (including phenoxy) is 3. The van der Waals surface area contributed by atoms with Crippen LogP contribution >= 0.6 is 11.6 Å². The fraction of sp³-hybridized carbons (Fsp3) is 0.0625. The molecule has 0 radical (unpaired) electrons. The van der Waals surface area contributed by atoms with Crippen molar-refractivity contribution in [2.24, 2.45) is 0 Å². The van der Waals surface area contributed by atoms with E-state index in [9.17, 15) is 9.59 Å². The molecule has 0 saturated carbocycles. The SMILES string of the molecule is Cc1oc2ccc(OCc3ccccc3)cc2c1C(=O)Oc1ccc2c(c1)OC(=Cc1cccc(Cl)c1)C2=O. The van der Waals surface area contributed by atoms with Crippen LogP contribution in [-0.2, 0) is 6.61 Å². The number of esters is 1. The highest BCUT2D eigenvalue weighted by atomic mass is 35.5. The summed E-state index contributed by atoms with van der Waals surface area (Å²) in [6, 6.07) is 26.9. The van der Waals surface area contributed by atoms with Gasteiger partial charge in [-0.3, -0.25) is 4.79 Å². The van der Waals surface area contributed by atoms with Crippen molar-refractivity contribution < 1.29 is 28.2 Å². The quantitative estimate of drug-likeness (QED) is 0.125. The summed E-state index contributed by atoms with van der Waals surface area (Å²) in [5.41, 5.74) is 3.00. The van der Waals surface area contributed by atoms with Crippen LogP contribution in [0.3, 0.4) is 0 Å². The van der Waals surface area contributed by atoms with Gasteiger partial charge in [0, 0.05) is 16.5 Å². The van der Waals surface area contributed by atoms with E-state index in [1.165, 1.54) is 6.07 Å². The van der Waals surface area contributed by atoms with Crippen molar-refractivity contribution in [2.45, 2.75) is 13.5 Å². The molecular formula is C32H21ClO6. The molecule has 0 saturated heterocycles. The van der Waals surface area contributed by atoms with Gasteiger partial charge in [-0.15, -0.1) is 0 Å². The Hall–Kier alpha value is -4.81. The van der Waals surface area contributed by atoms with E-state index in [0.29, 0.717) is 51.0 Å². The molecule has 4 aromatic carbocycles. The summed E-state index contributed by atoms with van der Waals surface area (Å²) in [6.45, 7) is 2.10. The van der Waals surface area contributed by atoms with Crippen molar-refractivity contribution in [3.63, 3.8) is 0 Å². The Bertz CT molecular complexity index is 1770. The first-order chi connectivity index (χ1) is 18.9. The van der Waals surface area contributed by atoms with E-state index in [4.69, 9.17) is 30.2 Å². The Kier molecular flexibility index (Phi) is 6.39. The molecular weight excluding hydrogens is 516 g/mol. The van der Waals surface area contributed by atoms with Gasteiger partial charge in [-0.1, -0.05) is 54.1 Å². The Balaban J connectivity index is 1.22. The van der Waals surface area contributed by atoms with E-state index in [1.807, 2.05) is 36.4 Å². The van der Waals surface area contributed by atoms with Crippen LogP contribution in [0, 0.1) is 6.92 Å². The maximum absolute atomic E-state index is 13.2. The van der Waals surface area contributed by atoms with E-state index in [0.717, 1.165) is 11.1 Å². The van der Waals surface area contributed by atoms with Crippen molar-refractivity contribution in [3.8, 4) is 17.2 Å². The van der Waals surface area contributed by atoms with Crippen LogP contribution in [0.4, 0.5) is 0 Å². The lowest BCUT2D eigenvalue weighted by atomic mass is 10.1. The van der Waals surface area contributed by atoms with Crippen molar-refractivity contribution in [3.05, 3.63) is 130 Å². The van der Waals surface area contributed by atoms with Crippen molar-refractivity contribution in [2.75, 3.05) is 0 Å². The van der Waals surface area contributed by atoms with Gasteiger partial charge in [0.15, 0.2) is 5.76 Å². The number of hydrogen-bond donors (Lipinski definition) is 0. The number of hydrogen-bond acceptors (Lipinski definition) is 6. The van der Waals surface area contributed by atoms with Gasteiger partial charge in [-0.05, 0) is 66.6 Å². The number of allylic oxidation sites excluding steroid dienone is 1. The lowest BCUT2D eigenvalue weighted by Gasteiger charge is -2.07. The minimum absolute atomic E-state index is 0.162. The van der Waals surface area contributed by atoms with Gasteiger partial charge < -0.3 is 18.6 Å². The fourth-order valence-electron chi connectivity index (χ4n) is 4.42. The predicted octanol–water partition coefficient (Wildman–Crippen LogP) is 7.81. The summed E-state index contributed by atoms with van der Waals surface area (Å²) >= 11 is 6.05. The van der Waals surface area contributed by atoms with Gasteiger partial charge in [0.1, 0.15) is 40.8 Å². The fourth-order valence-corrected chi connectivity index (χ4v) is 4.62. The lowest BCUT2D eigenvalue weighted by molar-refractivity contribution is 0.0734. The number of fused-ring (bicyclic) bond motifs is 2. The second kappa shape index (κ2) is 10.2. The molecule has 0 spiro atoms. The highest BCUT2D eigenvalue weighted by molar-refractivity contribution is 6.30. The number of furan rings is 1. The summed E-state index contributed by atoms with van der Waals surface area (Å²) in [5, 5.41) is 1.14. The number of ketones is 1. The monoisotopic (exact) mass is 536 g/mol. The molecule has 1 aromatic heterocycles. The molecule has 192 valence electrons. The minimum atomic E-state index is -0.592. The summed E-state index contributed by atoms with van der Waals surface area (Å²) in [7, 11) is 0. The van der Waals surface area contributed by atoms with Crippen LogP contribution < -0.4 is 14.2 Å². The predicted molar refractivity (Wildman–Crippen MR) is 148 cm³/mol. The van der Waals surface area contributed by atoms with E-state index in [1.54, 1.807) is 61.5 Å².